The van der Waals surface area contributed by atoms with Crippen molar-refractivity contribution in [1.29, 1.82) is 0 Å². The average Bonchev–Trinajstić information content (AvgIpc) is 2.16. The maximum Gasteiger partial charge on any atom is 0.0705 e. The number of rotatable bonds is 4. The van der Waals surface area contributed by atoms with Crippen molar-refractivity contribution >= 4 is 14.0 Å². The Balaban J connectivity index is 2.73. The van der Waals surface area contributed by atoms with Crippen LogP contribution in [0.5, 0.6) is 0 Å². The van der Waals surface area contributed by atoms with E-state index in [1.54, 1.807) is 5.19 Å². The Morgan fingerprint density at radius 1 is 1.08 bits per heavy atom. The van der Waals surface area contributed by atoms with Crippen molar-refractivity contribution in [3.63, 3.8) is 0 Å². The monoisotopic (exact) mass is 192 g/mol. The van der Waals surface area contributed by atoms with Gasteiger partial charge < -0.3 is 0 Å². The van der Waals surface area contributed by atoms with Crippen LogP contribution < -0.4 is 5.19 Å². The van der Waals surface area contributed by atoms with Crippen molar-refractivity contribution < 1.29 is 0 Å². The summed E-state index contributed by atoms with van der Waals surface area (Å²) in [5.41, 5.74) is 1.38. The van der Waals surface area contributed by atoms with Gasteiger partial charge in [-0.3, -0.25) is 0 Å². The molecule has 0 N–H and O–H groups in total. The second kappa shape index (κ2) is 5.23. The molecule has 0 fully saturated rings. The molecule has 1 rings (SSSR count). The molecule has 0 radical (unpaired) electrons. The van der Waals surface area contributed by atoms with E-state index in [-0.39, 0.29) is 0 Å². The fraction of sp³-hybridized carbons (Fsp3) is 0.500. The second-order valence-electron chi connectivity index (χ2n) is 3.80. The van der Waals surface area contributed by atoms with Gasteiger partial charge in [0.15, 0.2) is 0 Å². The highest BCUT2D eigenvalue weighted by Crippen LogP contribution is 2.04. The van der Waals surface area contributed by atoms with Gasteiger partial charge >= 0.3 is 0 Å². The third-order valence-corrected chi connectivity index (χ3v) is 6.27. The molecule has 0 bridgehead atoms. The second-order valence-corrected chi connectivity index (χ2v) is 7.26. The number of benzene rings is 1. The van der Waals surface area contributed by atoms with Crippen LogP contribution in [-0.4, -0.2) is 8.80 Å². The quantitative estimate of drug-likeness (QED) is 0.644. The van der Waals surface area contributed by atoms with Crippen molar-refractivity contribution in [3.05, 3.63) is 29.8 Å². The van der Waals surface area contributed by atoms with Crippen LogP contribution in [0.15, 0.2) is 24.3 Å². The summed E-state index contributed by atoms with van der Waals surface area (Å²) in [6.45, 7) is 6.79. The first kappa shape index (κ1) is 10.5. The van der Waals surface area contributed by atoms with Gasteiger partial charge in [0, 0.05) is 0 Å². The van der Waals surface area contributed by atoms with Crippen LogP contribution in [0, 0.1) is 6.92 Å². The molecule has 1 atom stereocenters. The first-order valence-electron chi connectivity index (χ1n) is 5.34. The zero-order valence-electron chi connectivity index (χ0n) is 9.01. The molecular weight excluding hydrogens is 172 g/mol. The molecule has 0 aliphatic heterocycles. The number of aryl methyl sites for hydroxylation is 1. The Bertz CT molecular complexity index is 238. The highest BCUT2D eigenvalue weighted by atomic mass is 28.3. The molecule has 0 amide bonds. The summed E-state index contributed by atoms with van der Waals surface area (Å²) < 4.78 is 0. The summed E-state index contributed by atoms with van der Waals surface area (Å²) in [6.07, 6.45) is 1.35. The first-order valence-corrected chi connectivity index (χ1v) is 7.55. The highest BCUT2D eigenvalue weighted by molar-refractivity contribution is 6.73. The molecule has 0 nitrogen and oxygen atoms in total. The Hall–Kier alpha value is -0.563. The summed E-state index contributed by atoms with van der Waals surface area (Å²) in [5, 5.41) is 1.65. The van der Waals surface area contributed by atoms with Crippen molar-refractivity contribution in [2.45, 2.75) is 39.3 Å². The SMILES string of the molecule is CCC[SiH](CC)c1ccc(C)cc1. The van der Waals surface area contributed by atoms with Gasteiger partial charge in [-0.25, -0.2) is 0 Å². The fourth-order valence-corrected chi connectivity index (χ4v) is 4.44. The standard InChI is InChI=1S/C12H20Si/c1-4-10-13(5-2)12-8-6-11(3)7-9-12/h6-9,13H,4-5,10H2,1-3H3. The lowest BCUT2D eigenvalue weighted by Gasteiger charge is -2.12. The first-order chi connectivity index (χ1) is 6.27. The minimum absolute atomic E-state index is 0.592. The largest absolute Gasteiger partial charge is 0.0705 e. The van der Waals surface area contributed by atoms with Crippen LogP contribution >= 0.6 is 0 Å². The molecule has 0 spiro atoms. The van der Waals surface area contributed by atoms with Crippen molar-refractivity contribution in [3.8, 4) is 0 Å². The Labute approximate surface area is 83.6 Å². The summed E-state index contributed by atoms with van der Waals surface area (Å²) in [5.74, 6) is 0. The van der Waals surface area contributed by atoms with Crippen molar-refractivity contribution in [2.75, 3.05) is 0 Å². The molecule has 0 heterocycles. The molecule has 1 aromatic carbocycles. The topological polar surface area (TPSA) is 0 Å². The molecular formula is C12H20Si. The van der Waals surface area contributed by atoms with Crippen LogP contribution in [0.4, 0.5) is 0 Å². The van der Waals surface area contributed by atoms with E-state index < -0.39 is 8.80 Å². The van der Waals surface area contributed by atoms with Gasteiger partial charge in [-0.05, 0) is 6.92 Å². The van der Waals surface area contributed by atoms with Gasteiger partial charge in [-0.1, -0.05) is 67.4 Å². The molecule has 0 saturated carbocycles. The molecule has 0 saturated heterocycles. The summed E-state index contributed by atoms with van der Waals surface area (Å²) in [6, 6.07) is 12.0. The van der Waals surface area contributed by atoms with Crippen LogP contribution in [0.2, 0.25) is 12.1 Å². The predicted molar refractivity (Wildman–Crippen MR) is 63.5 cm³/mol. The highest BCUT2D eigenvalue weighted by Gasteiger charge is 2.08. The van der Waals surface area contributed by atoms with Gasteiger partial charge in [0.25, 0.3) is 0 Å². The van der Waals surface area contributed by atoms with Crippen molar-refractivity contribution in [2.24, 2.45) is 0 Å². The lowest BCUT2D eigenvalue weighted by molar-refractivity contribution is 1.06. The zero-order chi connectivity index (χ0) is 9.68. The molecule has 13 heavy (non-hydrogen) atoms. The van der Waals surface area contributed by atoms with Crippen LogP contribution in [0.3, 0.4) is 0 Å². The minimum Gasteiger partial charge on any atom is -0.0677 e. The van der Waals surface area contributed by atoms with Gasteiger partial charge in [0.05, 0.1) is 8.80 Å². The summed E-state index contributed by atoms with van der Waals surface area (Å²) >= 11 is 0. The third-order valence-electron chi connectivity index (χ3n) is 2.68. The Morgan fingerprint density at radius 3 is 2.15 bits per heavy atom. The molecule has 0 aliphatic rings. The zero-order valence-corrected chi connectivity index (χ0v) is 10.2. The van der Waals surface area contributed by atoms with E-state index >= 15 is 0 Å². The van der Waals surface area contributed by atoms with E-state index in [2.05, 4.69) is 45.0 Å². The van der Waals surface area contributed by atoms with Gasteiger partial charge in [-0.2, -0.15) is 0 Å². The van der Waals surface area contributed by atoms with Crippen LogP contribution in [0.25, 0.3) is 0 Å². The van der Waals surface area contributed by atoms with E-state index in [9.17, 15) is 0 Å². The summed E-state index contributed by atoms with van der Waals surface area (Å²) in [4.78, 5) is 0. The Kier molecular flexibility index (Phi) is 4.23. The van der Waals surface area contributed by atoms with E-state index in [1.165, 1.54) is 24.1 Å². The maximum atomic E-state index is 2.34. The van der Waals surface area contributed by atoms with E-state index in [0.717, 1.165) is 0 Å². The van der Waals surface area contributed by atoms with Crippen LogP contribution in [-0.2, 0) is 0 Å². The van der Waals surface area contributed by atoms with Crippen molar-refractivity contribution in [1.82, 2.24) is 0 Å². The molecule has 0 aliphatic carbocycles. The number of hydrogen-bond donors (Lipinski definition) is 0. The fourth-order valence-electron chi connectivity index (χ4n) is 1.79. The molecule has 0 aromatic heterocycles. The third kappa shape index (κ3) is 3.00. The maximum absolute atomic E-state index is 2.34. The van der Waals surface area contributed by atoms with Gasteiger partial charge in [-0.15, -0.1) is 0 Å². The molecule has 1 unspecified atom stereocenters. The predicted octanol–water partition coefficient (Wildman–Crippen LogP) is 2.86. The lowest BCUT2D eigenvalue weighted by Crippen LogP contribution is -2.28. The van der Waals surface area contributed by atoms with Crippen LogP contribution in [0.1, 0.15) is 25.8 Å². The lowest BCUT2D eigenvalue weighted by atomic mass is 10.2. The number of hydrogen-bond acceptors (Lipinski definition) is 0. The van der Waals surface area contributed by atoms with E-state index in [4.69, 9.17) is 0 Å². The average molecular weight is 192 g/mol. The van der Waals surface area contributed by atoms with E-state index in [1.807, 2.05) is 0 Å². The summed E-state index contributed by atoms with van der Waals surface area (Å²) in [7, 11) is -0.592. The molecule has 1 heteroatoms. The van der Waals surface area contributed by atoms with E-state index in [0.29, 0.717) is 0 Å². The van der Waals surface area contributed by atoms with Gasteiger partial charge in [0.2, 0.25) is 0 Å². The Morgan fingerprint density at radius 2 is 1.69 bits per heavy atom. The van der Waals surface area contributed by atoms with Gasteiger partial charge in [0.1, 0.15) is 0 Å². The molecule has 1 aromatic rings. The smallest absolute Gasteiger partial charge is 0.0677 e. The normalized spacial score (nSPS) is 12.8. The minimum atomic E-state index is -0.592. The molecule has 72 valence electrons.